The standard InChI is InChI=1S/C18H24N4O/c1-14-12-15(2)22(20-14)13-18(23)21-11-3-4-17(21)6-5-16-7-9-19-10-8-16/h7-10,12,17H,3-6,11,13H2,1-2H3/t17-/m1/s1. The summed E-state index contributed by atoms with van der Waals surface area (Å²) < 4.78 is 1.82. The molecule has 23 heavy (non-hydrogen) atoms. The van der Waals surface area contributed by atoms with E-state index in [9.17, 15) is 4.79 Å². The van der Waals surface area contributed by atoms with E-state index >= 15 is 0 Å². The van der Waals surface area contributed by atoms with Gasteiger partial charge < -0.3 is 4.90 Å². The van der Waals surface area contributed by atoms with Gasteiger partial charge in [-0.25, -0.2) is 0 Å². The first-order valence-corrected chi connectivity index (χ1v) is 8.33. The molecule has 1 amide bonds. The van der Waals surface area contributed by atoms with Crippen molar-refractivity contribution >= 4 is 5.91 Å². The van der Waals surface area contributed by atoms with Crippen molar-refractivity contribution in [2.75, 3.05) is 6.54 Å². The lowest BCUT2D eigenvalue weighted by molar-refractivity contribution is -0.133. The molecule has 0 aromatic carbocycles. The number of aryl methyl sites for hydroxylation is 3. The van der Waals surface area contributed by atoms with Crippen LogP contribution in [0.5, 0.6) is 0 Å². The molecule has 1 atom stereocenters. The van der Waals surface area contributed by atoms with Crippen LogP contribution in [0.15, 0.2) is 30.6 Å². The lowest BCUT2D eigenvalue weighted by Crippen LogP contribution is -2.38. The summed E-state index contributed by atoms with van der Waals surface area (Å²) >= 11 is 0. The van der Waals surface area contributed by atoms with Crippen molar-refractivity contribution in [3.63, 3.8) is 0 Å². The summed E-state index contributed by atoms with van der Waals surface area (Å²) in [5.74, 6) is 0.188. The fourth-order valence-corrected chi connectivity index (χ4v) is 3.40. The zero-order valence-electron chi connectivity index (χ0n) is 13.9. The highest BCUT2D eigenvalue weighted by Crippen LogP contribution is 2.22. The van der Waals surface area contributed by atoms with Crippen LogP contribution in [-0.2, 0) is 17.8 Å². The SMILES string of the molecule is Cc1cc(C)n(CC(=O)N2CCC[C@@H]2CCc2ccncc2)n1. The summed E-state index contributed by atoms with van der Waals surface area (Å²) in [6, 6.07) is 6.47. The maximum absolute atomic E-state index is 12.7. The molecule has 0 aliphatic carbocycles. The van der Waals surface area contributed by atoms with Crippen LogP contribution in [0.2, 0.25) is 0 Å². The van der Waals surface area contributed by atoms with Gasteiger partial charge in [-0.3, -0.25) is 14.5 Å². The van der Waals surface area contributed by atoms with E-state index in [4.69, 9.17) is 0 Å². The van der Waals surface area contributed by atoms with Crippen molar-refractivity contribution in [1.29, 1.82) is 0 Å². The zero-order chi connectivity index (χ0) is 16.2. The lowest BCUT2D eigenvalue weighted by Gasteiger charge is -2.25. The Morgan fingerprint density at radius 1 is 1.30 bits per heavy atom. The van der Waals surface area contributed by atoms with Crippen molar-refractivity contribution in [1.82, 2.24) is 19.7 Å². The molecular formula is C18H24N4O. The van der Waals surface area contributed by atoms with Crippen molar-refractivity contribution in [3.8, 4) is 0 Å². The molecule has 1 aliphatic heterocycles. The van der Waals surface area contributed by atoms with Gasteiger partial charge in [-0.15, -0.1) is 0 Å². The second-order valence-electron chi connectivity index (χ2n) is 6.36. The molecule has 2 aromatic rings. The summed E-state index contributed by atoms with van der Waals surface area (Å²) in [7, 11) is 0. The Kier molecular flexibility index (Phi) is 4.74. The average Bonchev–Trinajstić information content (AvgIpc) is 3.13. The Labute approximate surface area is 137 Å². The van der Waals surface area contributed by atoms with Gasteiger partial charge in [-0.2, -0.15) is 5.10 Å². The van der Waals surface area contributed by atoms with Gasteiger partial charge in [0.2, 0.25) is 5.91 Å². The summed E-state index contributed by atoms with van der Waals surface area (Å²) in [5.41, 5.74) is 3.30. The van der Waals surface area contributed by atoms with E-state index in [-0.39, 0.29) is 5.91 Å². The average molecular weight is 312 g/mol. The number of carbonyl (C=O) groups excluding carboxylic acids is 1. The number of likely N-dealkylation sites (tertiary alicyclic amines) is 1. The first kappa shape index (κ1) is 15.7. The maximum atomic E-state index is 12.7. The van der Waals surface area contributed by atoms with Crippen LogP contribution < -0.4 is 0 Å². The van der Waals surface area contributed by atoms with Gasteiger partial charge in [-0.1, -0.05) is 0 Å². The van der Waals surface area contributed by atoms with E-state index in [0.29, 0.717) is 12.6 Å². The van der Waals surface area contributed by atoms with E-state index < -0.39 is 0 Å². The highest BCUT2D eigenvalue weighted by Gasteiger charge is 2.28. The number of hydrogen-bond acceptors (Lipinski definition) is 3. The van der Waals surface area contributed by atoms with E-state index in [1.807, 2.05) is 37.0 Å². The third kappa shape index (κ3) is 3.78. The zero-order valence-corrected chi connectivity index (χ0v) is 13.9. The Balaban J connectivity index is 1.59. The van der Waals surface area contributed by atoms with Gasteiger partial charge in [0.25, 0.3) is 0 Å². The van der Waals surface area contributed by atoms with Gasteiger partial charge >= 0.3 is 0 Å². The third-order valence-electron chi connectivity index (χ3n) is 4.60. The molecule has 0 bridgehead atoms. The van der Waals surface area contributed by atoms with Crippen molar-refractivity contribution in [3.05, 3.63) is 47.5 Å². The van der Waals surface area contributed by atoms with Gasteiger partial charge in [0.05, 0.1) is 5.69 Å². The van der Waals surface area contributed by atoms with Crippen LogP contribution in [0, 0.1) is 13.8 Å². The van der Waals surface area contributed by atoms with Gasteiger partial charge in [0.1, 0.15) is 6.54 Å². The highest BCUT2D eigenvalue weighted by molar-refractivity contribution is 5.76. The van der Waals surface area contributed by atoms with Crippen molar-refractivity contribution < 1.29 is 4.79 Å². The summed E-state index contributed by atoms with van der Waals surface area (Å²) in [4.78, 5) is 18.8. The molecule has 0 unspecified atom stereocenters. The maximum Gasteiger partial charge on any atom is 0.244 e. The number of aromatic nitrogens is 3. The molecule has 122 valence electrons. The molecule has 0 radical (unpaired) electrons. The Morgan fingerprint density at radius 2 is 2.09 bits per heavy atom. The number of nitrogens with zero attached hydrogens (tertiary/aromatic N) is 4. The number of rotatable bonds is 5. The molecular weight excluding hydrogens is 288 g/mol. The molecule has 3 heterocycles. The largest absolute Gasteiger partial charge is 0.338 e. The molecule has 5 nitrogen and oxygen atoms in total. The predicted molar refractivity (Wildman–Crippen MR) is 89.0 cm³/mol. The summed E-state index contributed by atoms with van der Waals surface area (Å²) in [6.07, 6.45) is 7.88. The fourth-order valence-electron chi connectivity index (χ4n) is 3.40. The molecule has 0 N–H and O–H groups in total. The molecule has 2 aromatic heterocycles. The van der Waals surface area contributed by atoms with E-state index in [2.05, 4.69) is 27.1 Å². The predicted octanol–water partition coefficient (Wildman–Crippen LogP) is 2.52. The van der Waals surface area contributed by atoms with E-state index in [1.54, 1.807) is 0 Å². The lowest BCUT2D eigenvalue weighted by atomic mass is 10.0. The first-order valence-electron chi connectivity index (χ1n) is 8.33. The monoisotopic (exact) mass is 312 g/mol. The molecule has 1 aliphatic rings. The molecule has 0 spiro atoms. The van der Waals surface area contributed by atoms with Crippen LogP contribution in [0.3, 0.4) is 0 Å². The second kappa shape index (κ2) is 6.94. The van der Waals surface area contributed by atoms with Crippen LogP contribution in [-0.4, -0.2) is 38.2 Å². The van der Waals surface area contributed by atoms with Crippen LogP contribution in [0.25, 0.3) is 0 Å². The normalized spacial score (nSPS) is 17.7. The Bertz CT molecular complexity index is 665. The Hall–Kier alpha value is -2.17. The first-order chi connectivity index (χ1) is 11.1. The molecule has 5 heteroatoms. The molecule has 1 saturated heterocycles. The number of hydrogen-bond donors (Lipinski definition) is 0. The minimum absolute atomic E-state index is 0.188. The summed E-state index contributed by atoms with van der Waals surface area (Å²) in [6.45, 7) is 5.18. The Morgan fingerprint density at radius 3 is 2.78 bits per heavy atom. The van der Waals surface area contributed by atoms with E-state index in [1.165, 1.54) is 5.56 Å². The van der Waals surface area contributed by atoms with Crippen molar-refractivity contribution in [2.45, 2.75) is 52.1 Å². The number of amides is 1. The third-order valence-corrected chi connectivity index (χ3v) is 4.60. The topological polar surface area (TPSA) is 51.0 Å². The number of pyridine rings is 1. The van der Waals surface area contributed by atoms with Gasteiger partial charge in [0.15, 0.2) is 0 Å². The highest BCUT2D eigenvalue weighted by atomic mass is 16.2. The van der Waals surface area contributed by atoms with Gasteiger partial charge in [-0.05, 0) is 63.3 Å². The smallest absolute Gasteiger partial charge is 0.244 e. The minimum atomic E-state index is 0.188. The summed E-state index contributed by atoms with van der Waals surface area (Å²) in [5, 5.41) is 4.40. The second-order valence-corrected chi connectivity index (χ2v) is 6.36. The number of carbonyl (C=O) groups is 1. The van der Waals surface area contributed by atoms with E-state index in [0.717, 1.165) is 43.6 Å². The van der Waals surface area contributed by atoms with Crippen LogP contribution >= 0.6 is 0 Å². The van der Waals surface area contributed by atoms with Crippen LogP contribution in [0.4, 0.5) is 0 Å². The van der Waals surface area contributed by atoms with Crippen molar-refractivity contribution in [2.24, 2.45) is 0 Å². The quantitative estimate of drug-likeness (QED) is 0.852. The molecule has 1 fully saturated rings. The van der Waals surface area contributed by atoms with Crippen LogP contribution in [0.1, 0.15) is 36.2 Å². The minimum Gasteiger partial charge on any atom is -0.338 e. The molecule has 3 rings (SSSR count). The fraction of sp³-hybridized carbons (Fsp3) is 0.500. The van der Waals surface area contributed by atoms with Gasteiger partial charge in [0, 0.05) is 30.7 Å². The molecule has 0 saturated carbocycles.